The third-order valence-electron chi connectivity index (χ3n) is 3.52. The molecule has 2 nitrogen and oxygen atoms in total. The number of carbonyl (C=O) groups is 1. The Bertz CT molecular complexity index is 255. The maximum atomic E-state index is 10.8. The van der Waals surface area contributed by atoms with Crippen LogP contribution in [0.1, 0.15) is 47.0 Å². The van der Waals surface area contributed by atoms with E-state index in [4.69, 9.17) is 4.74 Å². The van der Waals surface area contributed by atoms with E-state index in [0.29, 0.717) is 17.9 Å². The van der Waals surface area contributed by atoms with Gasteiger partial charge in [0.05, 0.1) is 6.26 Å². The molecule has 0 aromatic carbocycles. The van der Waals surface area contributed by atoms with Crippen molar-refractivity contribution < 1.29 is 9.53 Å². The third-order valence-corrected chi connectivity index (χ3v) is 3.52. The topological polar surface area (TPSA) is 26.3 Å². The van der Waals surface area contributed by atoms with Gasteiger partial charge < -0.3 is 4.74 Å². The van der Waals surface area contributed by atoms with E-state index in [-0.39, 0.29) is 5.78 Å². The summed E-state index contributed by atoms with van der Waals surface area (Å²) in [6.07, 6.45) is 7.05. The zero-order valence-corrected chi connectivity index (χ0v) is 10.9. The van der Waals surface area contributed by atoms with Gasteiger partial charge in [-0.1, -0.05) is 27.2 Å². The van der Waals surface area contributed by atoms with Crippen LogP contribution in [0.15, 0.2) is 12.3 Å². The Labute approximate surface area is 99.1 Å². The number of rotatable bonds is 4. The van der Waals surface area contributed by atoms with Crippen LogP contribution in [0.4, 0.5) is 0 Å². The second-order valence-corrected chi connectivity index (χ2v) is 5.41. The minimum absolute atomic E-state index is 0.0463. The molecule has 0 N–H and O–H groups in total. The Morgan fingerprint density at radius 2 is 2.06 bits per heavy atom. The monoisotopic (exact) mass is 224 g/mol. The van der Waals surface area contributed by atoms with Crippen LogP contribution in [0.25, 0.3) is 0 Å². The molecule has 1 saturated carbocycles. The molecule has 0 heterocycles. The molecular weight excluding hydrogens is 200 g/mol. The first-order chi connectivity index (χ1) is 7.50. The van der Waals surface area contributed by atoms with Gasteiger partial charge in [0, 0.05) is 6.08 Å². The van der Waals surface area contributed by atoms with E-state index in [1.807, 2.05) is 0 Å². The van der Waals surface area contributed by atoms with Crippen LogP contribution in [0, 0.1) is 17.8 Å². The van der Waals surface area contributed by atoms with Crippen molar-refractivity contribution in [3.63, 3.8) is 0 Å². The number of carbonyl (C=O) groups excluding carboxylic acids is 1. The molecular formula is C14H24O2. The molecule has 0 aromatic heterocycles. The lowest BCUT2D eigenvalue weighted by Crippen LogP contribution is -2.33. The normalized spacial score (nSPS) is 30.9. The number of hydrogen-bond acceptors (Lipinski definition) is 2. The Balaban J connectivity index is 2.54. The molecule has 0 radical (unpaired) electrons. The lowest BCUT2D eigenvalue weighted by molar-refractivity contribution is -0.112. The van der Waals surface area contributed by atoms with E-state index in [1.165, 1.54) is 18.9 Å². The molecule has 0 amide bonds. The third kappa shape index (κ3) is 3.99. The average molecular weight is 224 g/mol. The largest absolute Gasteiger partial charge is 0.498 e. The fourth-order valence-corrected chi connectivity index (χ4v) is 2.51. The van der Waals surface area contributed by atoms with E-state index in [9.17, 15) is 4.79 Å². The molecule has 16 heavy (non-hydrogen) atoms. The average Bonchev–Trinajstić information content (AvgIpc) is 2.16. The number of ketones is 1. The molecule has 1 fully saturated rings. The van der Waals surface area contributed by atoms with Gasteiger partial charge in [-0.2, -0.15) is 0 Å². The first-order valence-corrected chi connectivity index (χ1v) is 6.33. The highest BCUT2D eigenvalue weighted by molar-refractivity contribution is 5.86. The molecule has 1 aliphatic rings. The second kappa shape index (κ2) is 6.07. The van der Waals surface area contributed by atoms with Crippen LogP contribution in [0.5, 0.6) is 0 Å². The molecule has 0 aromatic rings. The Morgan fingerprint density at radius 1 is 1.38 bits per heavy atom. The smallest absolute Gasteiger partial charge is 0.155 e. The molecule has 92 valence electrons. The summed E-state index contributed by atoms with van der Waals surface area (Å²) in [4.78, 5) is 10.8. The lowest BCUT2D eigenvalue weighted by Gasteiger charge is -2.36. The van der Waals surface area contributed by atoms with Crippen LogP contribution < -0.4 is 0 Å². The quantitative estimate of drug-likeness (QED) is 0.539. The lowest BCUT2D eigenvalue weighted by atomic mass is 9.75. The molecule has 0 aliphatic heterocycles. The van der Waals surface area contributed by atoms with Crippen molar-refractivity contribution in [2.24, 2.45) is 17.8 Å². The van der Waals surface area contributed by atoms with Gasteiger partial charge in [-0.15, -0.1) is 0 Å². The van der Waals surface area contributed by atoms with E-state index in [1.54, 1.807) is 13.2 Å². The maximum Gasteiger partial charge on any atom is 0.155 e. The predicted octanol–water partition coefficient (Wildman–Crippen LogP) is 3.57. The SMILES string of the molecule is CC(=O)/C=C/OC1CC(C)CCC1C(C)C. The fraction of sp³-hybridized carbons (Fsp3) is 0.786. The van der Waals surface area contributed by atoms with Gasteiger partial charge in [0.15, 0.2) is 5.78 Å². The van der Waals surface area contributed by atoms with Crippen molar-refractivity contribution in [3.8, 4) is 0 Å². The molecule has 1 rings (SSSR count). The van der Waals surface area contributed by atoms with Crippen LogP contribution in [-0.4, -0.2) is 11.9 Å². The first-order valence-electron chi connectivity index (χ1n) is 6.33. The van der Waals surface area contributed by atoms with Crippen LogP contribution in [0.2, 0.25) is 0 Å². The molecule has 2 heteroatoms. The Hall–Kier alpha value is -0.790. The standard InChI is InChI=1S/C14H24O2/c1-10(2)13-6-5-11(3)9-14(13)16-8-7-12(4)15/h7-8,10-11,13-14H,5-6,9H2,1-4H3/b8-7+. The Morgan fingerprint density at radius 3 is 2.62 bits per heavy atom. The van der Waals surface area contributed by atoms with E-state index >= 15 is 0 Å². The van der Waals surface area contributed by atoms with Crippen molar-refractivity contribution in [2.75, 3.05) is 0 Å². The molecule has 0 saturated heterocycles. The summed E-state index contributed by atoms with van der Waals surface area (Å²) >= 11 is 0. The highest BCUT2D eigenvalue weighted by Crippen LogP contribution is 2.35. The van der Waals surface area contributed by atoms with Gasteiger partial charge in [0.25, 0.3) is 0 Å². The molecule has 3 unspecified atom stereocenters. The van der Waals surface area contributed by atoms with Crippen molar-refractivity contribution in [1.29, 1.82) is 0 Å². The number of allylic oxidation sites excluding steroid dienone is 1. The zero-order chi connectivity index (χ0) is 12.1. The van der Waals surface area contributed by atoms with Crippen molar-refractivity contribution in [1.82, 2.24) is 0 Å². The van der Waals surface area contributed by atoms with Crippen LogP contribution in [-0.2, 0) is 9.53 Å². The molecule has 0 spiro atoms. The maximum absolute atomic E-state index is 10.8. The van der Waals surface area contributed by atoms with E-state index < -0.39 is 0 Å². The summed E-state index contributed by atoms with van der Waals surface area (Å²) in [5.74, 6) is 2.08. The van der Waals surface area contributed by atoms with Gasteiger partial charge in [-0.3, -0.25) is 4.79 Å². The Kier molecular flexibility index (Phi) is 5.04. The second-order valence-electron chi connectivity index (χ2n) is 5.41. The minimum atomic E-state index is 0.0463. The van der Waals surface area contributed by atoms with E-state index in [2.05, 4.69) is 20.8 Å². The zero-order valence-electron chi connectivity index (χ0n) is 10.9. The highest BCUT2D eigenvalue weighted by atomic mass is 16.5. The first kappa shape index (κ1) is 13.3. The molecule has 1 aliphatic carbocycles. The molecule has 3 atom stereocenters. The number of ether oxygens (including phenoxy) is 1. The predicted molar refractivity (Wildman–Crippen MR) is 66.0 cm³/mol. The van der Waals surface area contributed by atoms with Gasteiger partial charge in [0.1, 0.15) is 6.10 Å². The number of hydrogen-bond donors (Lipinski definition) is 0. The van der Waals surface area contributed by atoms with Gasteiger partial charge in [0.2, 0.25) is 0 Å². The van der Waals surface area contributed by atoms with Crippen molar-refractivity contribution in [2.45, 2.75) is 53.1 Å². The van der Waals surface area contributed by atoms with Gasteiger partial charge in [-0.25, -0.2) is 0 Å². The summed E-state index contributed by atoms with van der Waals surface area (Å²) < 4.78 is 5.74. The van der Waals surface area contributed by atoms with Crippen molar-refractivity contribution >= 4 is 5.78 Å². The van der Waals surface area contributed by atoms with Gasteiger partial charge >= 0.3 is 0 Å². The summed E-state index contributed by atoms with van der Waals surface area (Å²) in [6, 6.07) is 0. The van der Waals surface area contributed by atoms with Crippen molar-refractivity contribution in [3.05, 3.63) is 12.3 Å². The van der Waals surface area contributed by atoms with Crippen LogP contribution in [0.3, 0.4) is 0 Å². The molecule has 0 bridgehead atoms. The summed E-state index contributed by atoms with van der Waals surface area (Å²) in [7, 11) is 0. The minimum Gasteiger partial charge on any atom is -0.498 e. The summed E-state index contributed by atoms with van der Waals surface area (Å²) in [6.45, 7) is 8.34. The summed E-state index contributed by atoms with van der Waals surface area (Å²) in [5.41, 5.74) is 0. The van der Waals surface area contributed by atoms with Gasteiger partial charge in [-0.05, 0) is 37.5 Å². The van der Waals surface area contributed by atoms with Crippen LogP contribution >= 0.6 is 0 Å². The fourth-order valence-electron chi connectivity index (χ4n) is 2.51. The summed E-state index contributed by atoms with van der Waals surface area (Å²) in [5, 5.41) is 0. The van der Waals surface area contributed by atoms with E-state index in [0.717, 1.165) is 12.3 Å². The highest BCUT2D eigenvalue weighted by Gasteiger charge is 2.31.